The van der Waals surface area contributed by atoms with Crippen molar-refractivity contribution in [2.75, 3.05) is 33.7 Å². The van der Waals surface area contributed by atoms with E-state index in [4.69, 9.17) is 0 Å². The van der Waals surface area contributed by atoms with E-state index in [1.807, 2.05) is 4.68 Å². The van der Waals surface area contributed by atoms with Gasteiger partial charge in [0.1, 0.15) is 0 Å². The van der Waals surface area contributed by atoms with Gasteiger partial charge in [-0.05, 0) is 58.8 Å². The van der Waals surface area contributed by atoms with E-state index in [0.717, 1.165) is 38.8 Å². The summed E-state index contributed by atoms with van der Waals surface area (Å²) in [7, 11) is 4.25. The molecule has 9 heteroatoms. The number of carbonyl (C=O) groups is 1. The molecule has 2 atom stereocenters. The highest BCUT2D eigenvalue weighted by atomic mass is 35.5. The summed E-state index contributed by atoms with van der Waals surface area (Å²) in [5.74, 6) is 0.591. The molecular weight excluding hydrogens is 387 g/mol. The van der Waals surface area contributed by atoms with Crippen LogP contribution in [0.1, 0.15) is 62.0 Å². The number of carbonyl (C=O) groups excluding carboxylic acids is 1. The van der Waals surface area contributed by atoms with Crippen LogP contribution in [-0.4, -0.2) is 65.1 Å². The number of rotatable bonds is 5. The summed E-state index contributed by atoms with van der Waals surface area (Å²) in [4.78, 5) is 14.9. The maximum atomic E-state index is 12.6. The van der Waals surface area contributed by atoms with Gasteiger partial charge in [0.25, 0.3) is 5.91 Å². The Morgan fingerprint density at radius 3 is 2.67 bits per heavy atom. The molecule has 0 bridgehead atoms. The molecule has 7 nitrogen and oxygen atoms in total. The maximum Gasteiger partial charge on any atom is 0.273 e. The average molecular weight is 421 g/mol. The molecule has 156 valence electrons. The van der Waals surface area contributed by atoms with Gasteiger partial charge >= 0.3 is 0 Å². The van der Waals surface area contributed by atoms with Crippen LogP contribution in [0.25, 0.3) is 0 Å². The van der Waals surface area contributed by atoms with Gasteiger partial charge in [-0.2, -0.15) is 0 Å². The second kappa shape index (κ2) is 10.6. The third kappa shape index (κ3) is 5.79. The third-order valence-corrected chi connectivity index (χ3v) is 6.02. The van der Waals surface area contributed by atoms with Crippen molar-refractivity contribution in [3.8, 4) is 0 Å². The third-order valence-electron chi connectivity index (χ3n) is 6.02. The Kier molecular flexibility index (Phi) is 9.48. The van der Waals surface area contributed by atoms with Gasteiger partial charge in [-0.25, -0.2) is 4.68 Å². The van der Waals surface area contributed by atoms with Crippen LogP contribution in [0.3, 0.4) is 0 Å². The largest absolute Gasteiger partial charge is 0.349 e. The van der Waals surface area contributed by atoms with Crippen LogP contribution in [-0.2, 0) is 0 Å². The minimum atomic E-state index is -0.111. The van der Waals surface area contributed by atoms with Crippen LogP contribution in [0, 0.1) is 5.92 Å². The summed E-state index contributed by atoms with van der Waals surface area (Å²) in [5.41, 5.74) is 0.481. The van der Waals surface area contributed by atoms with Crippen molar-refractivity contribution < 1.29 is 4.79 Å². The Bertz CT molecular complexity index is 590. The summed E-state index contributed by atoms with van der Waals surface area (Å²) in [6.45, 7) is 4.97. The zero-order valence-electron chi connectivity index (χ0n) is 16.6. The number of likely N-dealkylation sites (N-methyl/N-ethyl adjacent to an activating group) is 1. The standard InChI is InChI=1S/C18H32N6O.2ClH/c1-14-5-4-8-18(11-14,23(2)3)13-20-17(25)16-12-24(22-21-16)15-6-9-19-10-7-15;;/h12,14-15,19H,4-11,13H2,1-3H3,(H,20,25);2*1H. The van der Waals surface area contributed by atoms with E-state index in [1.165, 1.54) is 12.8 Å². The van der Waals surface area contributed by atoms with Gasteiger partial charge in [-0.1, -0.05) is 25.0 Å². The molecule has 2 fully saturated rings. The molecule has 27 heavy (non-hydrogen) atoms. The number of hydrogen-bond acceptors (Lipinski definition) is 5. The first kappa shape index (κ1) is 24.1. The van der Waals surface area contributed by atoms with Crippen LogP contribution in [0.15, 0.2) is 6.20 Å². The van der Waals surface area contributed by atoms with Crippen LogP contribution in [0.2, 0.25) is 0 Å². The highest BCUT2D eigenvalue weighted by molar-refractivity contribution is 5.91. The summed E-state index contributed by atoms with van der Waals surface area (Å²) in [6, 6.07) is 0.350. The van der Waals surface area contributed by atoms with Crippen LogP contribution < -0.4 is 10.6 Å². The summed E-state index contributed by atoms with van der Waals surface area (Å²) in [5, 5.41) is 14.8. The molecule has 0 radical (unpaired) electrons. The number of halogens is 2. The molecule has 1 saturated heterocycles. The predicted molar refractivity (Wildman–Crippen MR) is 112 cm³/mol. The van der Waals surface area contributed by atoms with Crippen molar-refractivity contribution in [3.05, 3.63) is 11.9 Å². The number of aromatic nitrogens is 3. The molecular formula is C18H34Cl2N6O. The Hall–Kier alpha value is -0.890. The molecule has 1 aliphatic carbocycles. The highest BCUT2D eigenvalue weighted by Crippen LogP contribution is 2.35. The molecule has 2 unspecified atom stereocenters. The Balaban J connectivity index is 0.00000182. The van der Waals surface area contributed by atoms with E-state index in [-0.39, 0.29) is 36.3 Å². The number of nitrogens with zero attached hydrogens (tertiary/aromatic N) is 4. The summed E-state index contributed by atoms with van der Waals surface area (Å²) < 4.78 is 1.86. The van der Waals surface area contributed by atoms with Crippen molar-refractivity contribution in [2.24, 2.45) is 5.92 Å². The molecule has 1 amide bonds. The fraction of sp³-hybridized carbons (Fsp3) is 0.833. The molecule has 1 aliphatic heterocycles. The van der Waals surface area contributed by atoms with Gasteiger partial charge < -0.3 is 15.5 Å². The van der Waals surface area contributed by atoms with Gasteiger partial charge in [-0.15, -0.1) is 29.9 Å². The number of amides is 1. The van der Waals surface area contributed by atoms with Crippen LogP contribution >= 0.6 is 24.8 Å². The minimum Gasteiger partial charge on any atom is -0.349 e. The lowest BCUT2D eigenvalue weighted by atomic mass is 9.75. The maximum absolute atomic E-state index is 12.6. The lowest BCUT2D eigenvalue weighted by molar-refractivity contribution is 0.0673. The highest BCUT2D eigenvalue weighted by Gasteiger charge is 2.37. The van der Waals surface area contributed by atoms with Crippen molar-refractivity contribution in [1.82, 2.24) is 30.5 Å². The quantitative estimate of drug-likeness (QED) is 0.763. The number of nitrogens with one attached hydrogen (secondary N) is 2. The molecule has 3 rings (SSSR count). The number of piperidine rings is 1. The monoisotopic (exact) mass is 420 g/mol. The molecule has 0 aromatic carbocycles. The molecule has 1 saturated carbocycles. The topological polar surface area (TPSA) is 75.1 Å². The zero-order chi connectivity index (χ0) is 17.9. The lowest BCUT2D eigenvalue weighted by Gasteiger charge is -2.45. The lowest BCUT2D eigenvalue weighted by Crippen LogP contribution is -2.55. The molecule has 2 aliphatic rings. The van der Waals surface area contributed by atoms with Crippen molar-refractivity contribution in [2.45, 2.75) is 57.0 Å². The molecule has 2 heterocycles. The van der Waals surface area contributed by atoms with Gasteiger partial charge in [0.15, 0.2) is 5.69 Å². The summed E-state index contributed by atoms with van der Waals surface area (Å²) >= 11 is 0. The van der Waals surface area contributed by atoms with Crippen molar-refractivity contribution in [3.63, 3.8) is 0 Å². The minimum absolute atomic E-state index is 0. The van der Waals surface area contributed by atoms with Crippen molar-refractivity contribution in [1.29, 1.82) is 0 Å². The molecule has 1 aromatic rings. The van der Waals surface area contributed by atoms with E-state index in [9.17, 15) is 4.79 Å². The van der Waals surface area contributed by atoms with Gasteiger partial charge in [0.2, 0.25) is 0 Å². The van der Waals surface area contributed by atoms with Crippen LogP contribution in [0.5, 0.6) is 0 Å². The van der Waals surface area contributed by atoms with Gasteiger partial charge in [0.05, 0.1) is 12.2 Å². The average Bonchev–Trinajstić information content (AvgIpc) is 3.10. The first-order valence-corrected chi connectivity index (χ1v) is 9.58. The van der Waals surface area contributed by atoms with Crippen molar-refractivity contribution >= 4 is 30.7 Å². The van der Waals surface area contributed by atoms with E-state index in [2.05, 4.69) is 46.9 Å². The van der Waals surface area contributed by atoms with E-state index in [0.29, 0.717) is 24.2 Å². The first-order valence-electron chi connectivity index (χ1n) is 9.58. The first-order chi connectivity index (χ1) is 12.0. The second-order valence-corrected chi connectivity index (χ2v) is 8.07. The van der Waals surface area contributed by atoms with E-state index >= 15 is 0 Å². The Labute approximate surface area is 174 Å². The Morgan fingerprint density at radius 2 is 2.04 bits per heavy atom. The fourth-order valence-electron chi connectivity index (χ4n) is 4.32. The molecule has 2 N–H and O–H groups in total. The van der Waals surface area contributed by atoms with E-state index in [1.54, 1.807) is 6.20 Å². The zero-order valence-corrected chi connectivity index (χ0v) is 18.2. The predicted octanol–water partition coefficient (Wildman–Crippen LogP) is 2.29. The van der Waals surface area contributed by atoms with Crippen LogP contribution in [0.4, 0.5) is 0 Å². The number of hydrogen-bond donors (Lipinski definition) is 2. The molecule has 1 aromatic heterocycles. The normalized spacial score (nSPS) is 26.1. The Morgan fingerprint density at radius 1 is 1.33 bits per heavy atom. The SMILES string of the molecule is CC1CCCC(CNC(=O)c2cn(C3CCNCC3)nn2)(N(C)C)C1.Cl.Cl. The summed E-state index contributed by atoms with van der Waals surface area (Å²) in [6.07, 6.45) is 8.64. The fourth-order valence-corrected chi connectivity index (χ4v) is 4.32. The second-order valence-electron chi connectivity index (χ2n) is 8.07. The van der Waals surface area contributed by atoms with Gasteiger partial charge in [0, 0.05) is 12.1 Å². The van der Waals surface area contributed by atoms with E-state index < -0.39 is 0 Å². The molecule has 0 spiro atoms. The smallest absolute Gasteiger partial charge is 0.273 e. The van der Waals surface area contributed by atoms with Gasteiger partial charge in [-0.3, -0.25) is 4.79 Å².